The molecule has 0 aromatic heterocycles. The predicted octanol–water partition coefficient (Wildman–Crippen LogP) is 3.05. The van der Waals surface area contributed by atoms with Gasteiger partial charge in [0.1, 0.15) is 0 Å². The van der Waals surface area contributed by atoms with E-state index in [4.69, 9.17) is 0 Å². The first-order valence-corrected chi connectivity index (χ1v) is 7.31. The van der Waals surface area contributed by atoms with E-state index >= 15 is 0 Å². The zero-order valence-corrected chi connectivity index (χ0v) is 10.1. The van der Waals surface area contributed by atoms with Crippen LogP contribution in [0.4, 0.5) is 0 Å². The summed E-state index contributed by atoms with van der Waals surface area (Å²) >= 11 is 2.21. The normalized spacial score (nSPS) is 31.1. The van der Waals surface area contributed by atoms with E-state index in [2.05, 4.69) is 24.0 Å². The highest BCUT2D eigenvalue weighted by Crippen LogP contribution is 2.37. The van der Waals surface area contributed by atoms with Crippen LogP contribution in [0.25, 0.3) is 0 Å². The van der Waals surface area contributed by atoms with Gasteiger partial charge >= 0.3 is 0 Å². The maximum Gasteiger partial charge on any atom is 0.0214 e. The molecule has 2 aliphatic rings. The highest BCUT2D eigenvalue weighted by atomic mass is 32.2. The van der Waals surface area contributed by atoms with Crippen molar-refractivity contribution in [2.24, 2.45) is 5.92 Å². The van der Waals surface area contributed by atoms with Crippen molar-refractivity contribution < 1.29 is 0 Å². The summed E-state index contributed by atoms with van der Waals surface area (Å²) < 4.78 is 0. The van der Waals surface area contributed by atoms with Gasteiger partial charge < -0.3 is 5.32 Å². The fraction of sp³-hybridized carbons (Fsp3) is 1.00. The van der Waals surface area contributed by atoms with Crippen LogP contribution in [0, 0.1) is 5.92 Å². The van der Waals surface area contributed by atoms with Gasteiger partial charge in [-0.3, -0.25) is 0 Å². The lowest BCUT2D eigenvalue weighted by Crippen LogP contribution is -2.42. The van der Waals surface area contributed by atoms with Crippen molar-refractivity contribution in [1.82, 2.24) is 5.32 Å². The third-order valence-corrected chi connectivity index (χ3v) is 5.19. The van der Waals surface area contributed by atoms with Gasteiger partial charge in [0, 0.05) is 11.3 Å². The maximum atomic E-state index is 3.75. The van der Waals surface area contributed by atoms with Crippen LogP contribution in [0.3, 0.4) is 0 Å². The average Bonchev–Trinajstić information content (AvgIpc) is 2.87. The Bertz CT molecular complexity index is 144. The van der Waals surface area contributed by atoms with E-state index in [-0.39, 0.29) is 0 Å². The molecule has 2 unspecified atom stereocenters. The average molecular weight is 213 g/mol. The van der Waals surface area contributed by atoms with Crippen LogP contribution in [0.5, 0.6) is 0 Å². The van der Waals surface area contributed by atoms with E-state index in [0.717, 1.165) is 23.8 Å². The number of hydrogen-bond acceptors (Lipinski definition) is 2. The fourth-order valence-corrected chi connectivity index (χ4v) is 4.53. The quantitative estimate of drug-likeness (QED) is 0.770. The molecule has 2 heteroatoms. The summed E-state index contributed by atoms with van der Waals surface area (Å²) in [4.78, 5) is 0. The molecule has 0 aromatic carbocycles. The van der Waals surface area contributed by atoms with Crippen LogP contribution < -0.4 is 5.32 Å². The van der Waals surface area contributed by atoms with Crippen molar-refractivity contribution in [2.45, 2.75) is 56.7 Å². The molecule has 1 aliphatic carbocycles. The molecule has 82 valence electrons. The topological polar surface area (TPSA) is 12.0 Å². The predicted molar refractivity (Wildman–Crippen MR) is 64.9 cm³/mol. The van der Waals surface area contributed by atoms with Gasteiger partial charge in [-0.25, -0.2) is 0 Å². The Labute approximate surface area is 92.4 Å². The lowest BCUT2D eigenvalue weighted by atomic mass is 9.93. The van der Waals surface area contributed by atoms with E-state index in [0.29, 0.717) is 0 Å². The fourth-order valence-electron chi connectivity index (χ4n) is 3.04. The first-order valence-electron chi connectivity index (χ1n) is 6.27. The Morgan fingerprint density at radius 1 is 1.21 bits per heavy atom. The molecule has 1 N–H and O–H groups in total. The second kappa shape index (κ2) is 5.41. The minimum Gasteiger partial charge on any atom is -0.313 e. The highest BCUT2D eigenvalue weighted by molar-refractivity contribution is 8.00. The van der Waals surface area contributed by atoms with Gasteiger partial charge in [-0.1, -0.05) is 19.8 Å². The molecule has 1 heterocycles. The van der Waals surface area contributed by atoms with Gasteiger partial charge in [0.05, 0.1) is 0 Å². The molecule has 1 nitrogen and oxygen atoms in total. The largest absolute Gasteiger partial charge is 0.313 e. The Balaban J connectivity index is 1.91. The second-order valence-corrected chi connectivity index (χ2v) is 6.03. The Morgan fingerprint density at radius 2 is 2.00 bits per heavy atom. The first kappa shape index (κ1) is 10.8. The third-order valence-electron chi connectivity index (χ3n) is 3.71. The number of nitrogens with one attached hydrogen (secondary N) is 1. The zero-order valence-electron chi connectivity index (χ0n) is 9.30. The van der Waals surface area contributed by atoms with Gasteiger partial charge in [0.15, 0.2) is 0 Å². The van der Waals surface area contributed by atoms with Crippen LogP contribution in [0.1, 0.15) is 45.4 Å². The van der Waals surface area contributed by atoms with Crippen molar-refractivity contribution in [3.8, 4) is 0 Å². The molecule has 1 saturated heterocycles. The molecular formula is C12H23NS. The molecule has 1 saturated carbocycles. The third kappa shape index (κ3) is 2.46. The SMILES string of the molecule is CCNC(C1CCCC1)C1CCCS1. The van der Waals surface area contributed by atoms with Crippen molar-refractivity contribution in [2.75, 3.05) is 12.3 Å². The van der Waals surface area contributed by atoms with Crippen LogP contribution >= 0.6 is 11.8 Å². The van der Waals surface area contributed by atoms with E-state index in [1.165, 1.54) is 44.3 Å². The molecule has 2 atom stereocenters. The number of hydrogen-bond donors (Lipinski definition) is 1. The molecule has 14 heavy (non-hydrogen) atoms. The van der Waals surface area contributed by atoms with Gasteiger partial charge in [-0.15, -0.1) is 0 Å². The maximum absolute atomic E-state index is 3.75. The van der Waals surface area contributed by atoms with Gasteiger partial charge in [0.25, 0.3) is 0 Å². The Morgan fingerprint density at radius 3 is 2.57 bits per heavy atom. The van der Waals surface area contributed by atoms with Gasteiger partial charge in [0.2, 0.25) is 0 Å². The van der Waals surface area contributed by atoms with E-state index < -0.39 is 0 Å². The molecule has 2 rings (SSSR count). The monoisotopic (exact) mass is 213 g/mol. The van der Waals surface area contributed by atoms with E-state index in [9.17, 15) is 0 Å². The lowest BCUT2D eigenvalue weighted by Gasteiger charge is -2.29. The minimum absolute atomic E-state index is 0.829. The summed E-state index contributed by atoms with van der Waals surface area (Å²) in [6.45, 7) is 3.40. The first-order chi connectivity index (χ1) is 6.92. The molecule has 0 aromatic rings. The van der Waals surface area contributed by atoms with Crippen LogP contribution in [0.15, 0.2) is 0 Å². The highest BCUT2D eigenvalue weighted by Gasteiger charge is 2.32. The molecule has 0 amide bonds. The summed E-state index contributed by atoms with van der Waals surface area (Å²) in [6.07, 6.45) is 8.82. The molecule has 0 bridgehead atoms. The molecule has 0 radical (unpaired) electrons. The van der Waals surface area contributed by atoms with Crippen LogP contribution in [0.2, 0.25) is 0 Å². The standard InChI is InChI=1S/C12H23NS/c1-2-13-12(10-6-3-4-7-10)11-8-5-9-14-11/h10-13H,2-9H2,1H3. The second-order valence-electron chi connectivity index (χ2n) is 4.68. The molecule has 2 fully saturated rings. The van der Waals surface area contributed by atoms with Crippen LogP contribution in [-0.2, 0) is 0 Å². The van der Waals surface area contributed by atoms with Crippen molar-refractivity contribution in [1.29, 1.82) is 0 Å². The lowest BCUT2D eigenvalue weighted by molar-refractivity contribution is 0.351. The minimum atomic E-state index is 0.829. The summed E-state index contributed by atoms with van der Waals surface area (Å²) in [7, 11) is 0. The Hall–Kier alpha value is 0.310. The molecular weight excluding hydrogens is 190 g/mol. The number of rotatable bonds is 4. The summed E-state index contributed by atoms with van der Waals surface area (Å²) in [6, 6.07) is 0.829. The van der Waals surface area contributed by atoms with Gasteiger partial charge in [-0.05, 0) is 43.9 Å². The van der Waals surface area contributed by atoms with Crippen molar-refractivity contribution in [3.63, 3.8) is 0 Å². The van der Waals surface area contributed by atoms with E-state index in [1.807, 2.05) is 0 Å². The van der Waals surface area contributed by atoms with Crippen molar-refractivity contribution >= 4 is 11.8 Å². The smallest absolute Gasteiger partial charge is 0.0214 e. The molecule has 0 spiro atoms. The zero-order chi connectivity index (χ0) is 9.80. The van der Waals surface area contributed by atoms with Crippen LogP contribution in [-0.4, -0.2) is 23.6 Å². The van der Waals surface area contributed by atoms with E-state index in [1.54, 1.807) is 0 Å². The molecule has 1 aliphatic heterocycles. The summed E-state index contributed by atoms with van der Waals surface area (Å²) in [5, 5.41) is 4.67. The Kier molecular flexibility index (Phi) is 4.18. The van der Waals surface area contributed by atoms with Gasteiger partial charge in [-0.2, -0.15) is 11.8 Å². The summed E-state index contributed by atoms with van der Waals surface area (Å²) in [5.74, 6) is 2.39. The summed E-state index contributed by atoms with van der Waals surface area (Å²) in [5.41, 5.74) is 0. The van der Waals surface area contributed by atoms with Crippen molar-refractivity contribution in [3.05, 3.63) is 0 Å². The number of thioether (sulfide) groups is 1.